The monoisotopic (exact) mass is 171 g/mol. The molecule has 0 amide bonds. The third kappa shape index (κ3) is 5.77. The lowest BCUT2D eigenvalue weighted by atomic mass is 10.6. The summed E-state index contributed by atoms with van der Waals surface area (Å²) in [6, 6.07) is 0. The first-order valence-corrected chi connectivity index (χ1v) is 4.49. The topological polar surface area (TPSA) is 29.9 Å². The van der Waals surface area contributed by atoms with Gasteiger partial charge in [-0.05, 0) is 0 Å². The van der Waals surface area contributed by atoms with Crippen molar-refractivity contribution in [1.82, 2.24) is 9.78 Å². The van der Waals surface area contributed by atoms with Gasteiger partial charge in [-0.3, -0.25) is 4.68 Å². The lowest BCUT2D eigenvalue weighted by Gasteiger charge is -1.86. The van der Waals surface area contributed by atoms with Crippen LogP contribution in [0.3, 0.4) is 0 Å². The lowest BCUT2D eigenvalue weighted by molar-refractivity contribution is 0.768. The minimum absolute atomic E-state index is 1.05. The Morgan fingerprint density at radius 1 is 1.25 bits per heavy atom. The summed E-state index contributed by atoms with van der Waals surface area (Å²) in [6.07, 6.45) is 3.69. The van der Waals surface area contributed by atoms with Gasteiger partial charge in [0.05, 0.1) is 11.9 Å². The first-order chi connectivity index (χ1) is 5.83. The molecule has 3 heteroatoms. The highest BCUT2D eigenvalue weighted by Crippen LogP contribution is 1.99. The molecule has 1 N–H and O–H groups in total. The second-order valence-electron chi connectivity index (χ2n) is 1.65. The van der Waals surface area contributed by atoms with Crippen molar-refractivity contribution in [2.75, 3.05) is 12.4 Å². The summed E-state index contributed by atoms with van der Waals surface area (Å²) in [5.74, 6) is 0. The number of hydrogen-bond donors (Lipinski definition) is 1. The number of rotatable bonds is 1. The van der Waals surface area contributed by atoms with Crippen molar-refractivity contribution < 1.29 is 0 Å². The van der Waals surface area contributed by atoms with Gasteiger partial charge in [-0.25, -0.2) is 0 Å². The third-order valence-corrected chi connectivity index (χ3v) is 0.994. The molecule has 0 atom stereocenters. The highest BCUT2D eigenvalue weighted by Gasteiger charge is 1.86. The summed E-state index contributed by atoms with van der Waals surface area (Å²) in [5, 5.41) is 6.91. The van der Waals surface area contributed by atoms with Gasteiger partial charge in [0.25, 0.3) is 0 Å². The fourth-order valence-corrected chi connectivity index (χ4v) is 0.550. The summed E-state index contributed by atoms with van der Waals surface area (Å²) < 4.78 is 1.76. The van der Waals surface area contributed by atoms with Crippen LogP contribution in [-0.2, 0) is 7.05 Å². The molecular formula is C9H21N3. The maximum atomic E-state index is 3.94. The van der Waals surface area contributed by atoms with Gasteiger partial charge < -0.3 is 5.32 Å². The third-order valence-electron chi connectivity index (χ3n) is 0.994. The van der Waals surface area contributed by atoms with Crippen molar-refractivity contribution in [1.29, 1.82) is 0 Å². The Labute approximate surface area is 75.8 Å². The lowest BCUT2D eigenvalue weighted by Crippen LogP contribution is -1.85. The Morgan fingerprint density at radius 3 is 1.92 bits per heavy atom. The van der Waals surface area contributed by atoms with E-state index >= 15 is 0 Å². The molecule has 12 heavy (non-hydrogen) atoms. The minimum atomic E-state index is 1.05. The van der Waals surface area contributed by atoms with Crippen molar-refractivity contribution in [2.24, 2.45) is 7.05 Å². The molecule has 0 aliphatic carbocycles. The molecular weight excluding hydrogens is 150 g/mol. The number of anilines is 1. The minimum Gasteiger partial charge on any atom is -0.386 e. The van der Waals surface area contributed by atoms with Gasteiger partial charge >= 0.3 is 0 Å². The molecule has 0 saturated heterocycles. The largest absolute Gasteiger partial charge is 0.386 e. The Balaban J connectivity index is 0. The van der Waals surface area contributed by atoms with Crippen LogP contribution in [0.15, 0.2) is 12.4 Å². The Morgan fingerprint density at radius 2 is 1.75 bits per heavy atom. The Bertz CT molecular complexity index is 170. The molecule has 0 fully saturated rings. The van der Waals surface area contributed by atoms with Crippen LogP contribution in [0.5, 0.6) is 0 Å². The quantitative estimate of drug-likeness (QED) is 0.703. The van der Waals surface area contributed by atoms with Crippen molar-refractivity contribution in [3.05, 3.63) is 12.4 Å². The molecule has 0 aromatic carbocycles. The van der Waals surface area contributed by atoms with E-state index in [2.05, 4.69) is 10.4 Å². The molecule has 1 aromatic rings. The van der Waals surface area contributed by atoms with Gasteiger partial charge in [0.1, 0.15) is 0 Å². The van der Waals surface area contributed by atoms with Gasteiger partial charge in [0.2, 0.25) is 0 Å². The van der Waals surface area contributed by atoms with E-state index in [0.717, 1.165) is 5.69 Å². The van der Waals surface area contributed by atoms with Crippen LogP contribution < -0.4 is 5.32 Å². The maximum absolute atomic E-state index is 3.94. The average molecular weight is 171 g/mol. The zero-order chi connectivity index (χ0) is 9.98. The van der Waals surface area contributed by atoms with Gasteiger partial charge in [0, 0.05) is 20.3 Å². The fraction of sp³-hybridized carbons (Fsp3) is 0.667. The van der Waals surface area contributed by atoms with Crippen LogP contribution in [0.1, 0.15) is 27.7 Å². The van der Waals surface area contributed by atoms with Crippen molar-refractivity contribution >= 4 is 5.69 Å². The molecule has 1 rings (SSSR count). The zero-order valence-corrected chi connectivity index (χ0v) is 9.05. The SMILES string of the molecule is CC.CC.CNc1cnn(C)c1. The van der Waals surface area contributed by atoms with E-state index in [1.54, 1.807) is 10.9 Å². The molecule has 0 radical (unpaired) electrons. The highest BCUT2D eigenvalue weighted by atomic mass is 15.2. The predicted molar refractivity (Wildman–Crippen MR) is 55.5 cm³/mol. The van der Waals surface area contributed by atoms with Crippen molar-refractivity contribution in [3.8, 4) is 0 Å². The molecule has 72 valence electrons. The fourth-order valence-electron chi connectivity index (χ4n) is 0.550. The van der Waals surface area contributed by atoms with Gasteiger partial charge in [-0.1, -0.05) is 27.7 Å². The molecule has 3 nitrogen and oxygen atoms in total. The molecule has 0 spiro atoms. The first-order valence-electron chi connectivity index (χ1n) is 4.49. The van der Waals surface area contributed by atoms with Gasteiger partial charge in [-0.2, -0.15) is 5.10 Å². The number of nitrogens with one attached hydrogen (secondary N) is 1. The first kappa shape index (κ1) is 13.6. The van der Waals surface area contributed by atoms with Gasteiger partial charge in [0.15, 0.2) is 0 Å². The molecule has 0 unspecified atom stereocenters. The zero-order valence-electron chi connectivity index (χ0n) is 9.05. The average Bonchev–Trinajstić information content (AvgIpc) is 2.58. The summed E-state index contributed by atoms with van der Waals surface area (Å²) in [6.45, 7) is 8.00. The molecule has 1 heterocycles. The standard InChI is InChI=1S/C5H9N3.2C2H6/c1-6-5-3-7-8(2)4-5;2*1-2/h3-4,6H,1-2H3;2*1-2H3. The summed E-state index contributed by atoms with van der Waals surface area (Å²) in [5.41, 5.74) is 1.05. The Kier molecular flexibility index (Phi) is 11.3. The van der Waals surface area contributed by atoms with Crippen molar-refractivity contribution in [2.45, 2.75) is 27.7 Å². The van der Waals surface area contributed by atoms with E-state index in [9.17, 15) is 0 Å². The number of hydrogen-bond acceptors (Lipinski definition) is 2. The van der Waals surface area contributed by atoms with Crippen LogP contribution in [0.25, 0.3) is 0 Å². The molecule has 0 bridgehead atoms. The van der Waals surface area contributed by atoms with E-state index in [1.165, 1.54) is 0 Å². The second-order valence-corrected chi connectivity index (χ2v) is 1.65. The molecule has 0 aliphatic rings. The number of aryl methyl sites for hydroxylation is 1. The Hall–Kier alpha value is -0.990. The predicted octanol–water partition coefficient (Wildman–Crippen LogP) is 2.51. The molecule has 1 aromatic heterocycles. The summed E-state index contributed by atoms with van der Waals surface area (Å²) >= 11 is 0. The maximum Gasteiger partial charge on any atom is 0.0723 e. The molecule has 0 aliphatic heterocycles. The summed E-state index contributed by atoms with van der Waals surface area (Å²) in [7, 11) is 3.76. The van der Waals surface area contributed by atoms with Crippen molar-refractivity contribution in [3.63, 3.8) is 0 Å². The van der Waals surface area contributed by atoms with Crippen LogP contribution >= 0.6 is 0 Å². The normalized spacial score (nSPS) is 7.17. The van der Waals surface area contributed by atoms with E-state index in [4.69, 9.17) is 0 Å². The van der Waals surface area contributed by atoms with E-state index in [1.807, 2.05) is 48.0 Å². The van der Waals surface area contributed by atoms with E-state index < -0.39 is 0 Å². The number of nitrogens with zero attached hydrogens (tertiary/aromatic N) is 2. The number of aromatic nitrogens is 2. The smallest absolute Gasteiger partial charge is 0.0723 e. The van der Waals surface area contributed by atoms with Crippen LogP contribution in [0.4, 0.5) is 5.69 Å². The van der Waals surface area contributed by atoms with Crippen LogP contribution in [-0.4, -0.2) is 16.8 Å². The second kappa shape index (κ2) is 10.0. The van der Waals surface area contributed by atoms with E-state index in [0.29, 0.717) is 0 Å². The van der Waals surface area contributed by atoms with E-state index in [-0.39, 0.29) is 0 Å². The van der Waals surface area contributed by atoms with Gasteiger partial charge in [-0.15, -0.1) is 0 Å². The van der Waals surface area contributed by atoms with Crippen LogP contribution in [0, 0.1) is 0 Å². The highest BCUT2D eigenvalue weighted by molar-refractivity contribution is 5.36. The molecule has 0 saturated carbocycles. The van der Waals surface area contributed by atoms with Crippen LogP contribution in [0.2, 0.25) is 0 Å². The summed E-state index contributed by atoms with van der Waals surface area (Å²) in [4.78, 5) is 0.